The van der Waals surface area contributed by atoms with Crippen LogP contribution in [0.25, 0.3) is 16.7 Å². The molecule has 3 aliphatic rings. The number of Topliss-reactive ketones (excluding diaryl/α,β-unsaturated/α-hetero) is 1. The van der Waals surface area contributed by atoms with E-state index in [0.717, 1.165) is 38.0 Å². The summed E-state index contributed by atoms with van der Waals surface area (Å²) in [7, 11) is 5.22. The van der Waals surface area contributed by atoms with Crippen molar-refractivity contribution in [1.29, 1.82) is 0 Å². The molecule has 25 nitrogen and oxygen atoms in total. The Morgan fingerprint density at radius 2 is 0.762 bits per heavy atom. The third-order valence-corrected chi connectivity index (χ3v) is 17.7. The number of ketones is 1. The first-order chi connectivity index (χ1) is 62.1. The number of nitrogens with zero attached hydrogens (tertiary/aromatic N) is 3. The standard InChI is InChI=1S/C18H18FNO3.C18H16FNO3.2C17H12FNO2.C9H9NO3.C9H7NO2.C8H7FO.2CH4O.CH3O.Na/c2*1-12(14-9-6-10-15(19)11-14)16(18(22)23-2)20-17(21)13-7-4-3-5-8-13;2*1-11(13-8-5-9-14(18)10-13)15-17(20)21-16(19-15)12-6-3-2-4-7-12;11-8(12)6-10-9(13)7-4-2-1-3-5-7;11-8-6-10-9(12-8)7-4-2-1-3-5-7;1-6(10)7-3-2-4-8(9)5-7;3*1-2;/h3-12,16H,1-2H3,(H,20,21);3-11H,1-2H3,(H,20,21);2*2-10H,1H3;1-5H,6H2,(H,10,13)(H,11,12);1-5H,6H2;2-5H,1H3;2*2H,1H3;1H3;/q;;;;;;;;;-1;+1/b;16-12-;15-11+;15-11-;;;;;;;/t12-,16+;;;;;;;;;;/m0........../s1. The normalized spacial score (nSPS) is 12.9. The average molecular weight is 1790 g/mol. The van der Waals surface area contributed by atoms with Crippen LogP contribution in [0.5, 0.6) is 0 Å². The maximum Gasteiger partial charge on any atom is 1.00 e. The van der Waals surface area contributed by atoms with Gasteiger partial charge in [-0.3, -0.25) is 24.0 Å². The Balaban J connectivity index is 0.000000319. The minimum absolute atomic E-state index is 0. The number of carbonyl (C=O) groups is 10. The molecule has 14 rings (SSSR count). The molecule has 31 heteroatoms. The molecule has 0 radical (unpaired) electrons. The van der Waals surface area contributed by atoms with Gasteiger partial charge in [-0.1, -0.05) is 177 Å². The summed E-state index contributed by atoms with van der Waals surface area (Å²) in [5.74, 6) is -6.33. The summed E-state index contributed by atoms with van der Waals surface area (Å²) < 4.78 is 90.4. The summed E-state index contributed by atoms with van der Waals surface area (Å²) >= 11 is 0. The number of cyclic esters (lactones) is 3. The van der Waals surface area contributed by atoms with Gasteiger partial charge in [0, 0.05) is 59.1 Å². The van der Waals surface area contributed by atoms with Crippen LogP contribution in [-0.2, 0) is 52.5 Å². The fourth-order valence-corrected chi connectivity index (χ4v) is 11.2. The smallest absolute Gasteiger partial charge is 0.857 e. The molecule has 3 amide bonds. The Hall–Kier alpha value is -14.9. The number of nitrogens with one attached hydrogen (secondary N) is 3. The van der Waals surface area contributed by atoms with E-state index in [1.54, 1.807) is 167 Å². The number of ether oxygens (including phenoxy) is 5. The SMILES string of the molecule is C/C(=C1/N=C(c2ccccc2)OC1=O)c1cccc(F)c1.C/C(=C1\N=C(c2ccccc2)OC1=O)c1cccc(F)c1.CC(=O)c1cccc(F)c1.CO.CO.COC(=O)/C(NC(=O)c1ccccc1)=C(\C)c1cccc(F)c1.COC(=O)[C@H](NC(=O)c1ccccc1)[C@@H](C)c1cccc(F)c1.C[O-].O=C(O)CNC(=O)c1ccccc1.O=C1CN=C(c2ccccc2)O1.[Na+]. The molecule has 2 atom stereocenters. The van der Waals surface area contributed by atoms with Gasteiger partial charge in [0.15, 0.2) is 17.2 Å². The van der Waals surface area contributed by atoms with Gasteiger partial charge in [-0.05, 0) is 200 Å². The van der Waals surface area contributed by atoms with Gasteiger partial charge in [0.1, 0.15) is 53.9 Å². The Morgan fingerprint density at radius 3 is 1.12 bits per heavy atom. The van der Waals surface area contributed by atoms with Crippen LogP contribution in [0.1, 0.15) is 121 Å². The number of benzene rings is 11. The van der Waals surface area contributed by atoms with Crippen molar-refractivity contribution in [2.45, 2.75) is 46.6 Å². The number of halogens is 5. The van der Waals surface area contributed by atoms with E-state index in [1.165, 1.54) is 93.9 Å². The summed E-state index contributed by atoms with van der Waals surface area (Å²) in [6.45, 7) is 8.01. The van der Waals surface area contributed by atoms with Gasteiger partial charge in [0.2, 0.25) is 17.7 Å². The van der Waals surface area contributed by atoms with Crippen molar-refractivity contribution >= 4 is 93.7 Å². The number of amides is 3. The van der Waals surface area contributed by atoms with Crippen LogP contribution in [0.2, 0.25) is 0 Å². The van der Waals surface area contributed by atoms with Crippen LogP contribution in [0.3, 0.4) is 0 Å². The van der Waals surface area contributed by atoms with E-state index in [4.69, 9.17) is 44.1 Å². The molecular weight excluding hydrogens is 1700 g/mol. The molecule has 0 saturated carbocycles. The van der Waals surface area contributed by atoms with Gasteiger partial charge in [-0.2, -0.15) is 7.11 Å². The van der Waals surface area contributed by atoms with Gasteiger partial charge >= 0.3 is 65.4 Å². The summed E-state index contributed by atoms with van der Waals surface area (Å²) in [5, 5.41) is 38.0. The first-order valence-corrected chi connectivity index (χ1v) is 38.8. The van der Waals surface area contributed by atoms with Crippen LogP contribution >= 0.6 is 0 Å². The molecule has 0 unspecified atom stereocenters. The molecule has 0 fully saturated rings. The second-order valence-corrected chi connectivity index (χ2v) is 26.3. The molecule has 11 aromatic rings. The number of rotatable bonds is 18. The summed E-state index contributed by atoms with van der Waals surface area (Å²) in [6.07, 6.45) is 0. The van der Waals surface area contributed by atoms with Gasteiger partial charge in [0.05, 0.1) is 14.2 Å². The topological polar surface area (TPSA) is 374 Å². The first kappa shape index (κ1) is 107. The number of carboxylic acid groups (broad SMARTS) is 1. The number of esters is 5. The Labute approximate surface area is 769 Å². The number of allylic oxidation sites excluding steroid dienone is 3. The van der Waals surface area contributed by atoms with Crippen molar-refractivity contribution < 1.29 is 144 Å². The number of aliphatic hydroxyl groups excluding tert-OH is 2. The molecule has 130 heavy (non-hydrogen) atoms. The maximum absolute atomic E-state index is 13.4. The minimum atomic E-state index is -1.05. The number of carboxylic acids is 1. The van der Waals surface area contributed by atoms with E-state index < -0.39 is 59.3 Å². The summed E-state index contributed by atoms with van der Waals surface area (Å²) in [4.78, 5) is 128. The predicted molar refractivity (Wildman–Crippen MR) is 475 cm³/mol. The zero-order valence-corrected chi connectivity index (χ0v) is 74.5. The summed E-state index contributed by atoms with van der Waals surface area (Å²) in [5.41, 5.74) is 8.33. The third-order valence-electron chi connectivity index (χ3n) is 17.7. The van der Waals surface area contributed by atoms with Crippen LogP contribution < -0.4 is 50.6 Å². The molecule has 0 aliphatic carbocycles. The molecule has 0 saturated heterocycles. The van der Waals surface area contributed by atoms with E-state index >= 15 is 0 Å². The number of carbonyl (C=O) groups excluding carboxylic acids is 9. The number of aliphatic imine (C=N–C) groups is 3. The molecule has 6 N–H and O–H groups in total. The number of methoxy groups -OCH3 is 2. The fourth-order valence-electron chi connectivity index (χ4n) is 11.2. The molecule has 0 aromatic heterocycles. The number of hydrogen-bond acceptors (Lipinski definition) is 21. The van der Waals surface area contributed by atoms with E-state index in [-0.39, 0.29) is 113 Å². The van der Waals surface area contributed by atoms with E-state index in [2.05, 4.69) is 30.9 Å². The van der Waals surface area contributed by atoms with Crippen molar-refractivity contribution in [3.63, 3.8) is 0 Å². The van der Waals surface area contributed by atoms with Gasteiger partial charge in [-0.25, -0.2) is 60.9 Å². The number of aliphatic hydroxyl groups is 2. The van der Waals surface area contributed by atoms with E-state index in [1.807, 2.05) is 91.0 Å². The number of hydrogen-bond donors (Lipinski definition) is 6. The van der Waals surface area contributed by atoms with Gasteiger partial charge in [-0.15, -0.1) is 0 Å². The van der Waals surface area contributed by atoms with Crippen LogP contribution in [-0.4, -0.2) is 147 Å². The third kappa shape index (κ3) is 35.1. The van der Waals surface area contributed by atoms with Crippen molar-refractivity contribution in [3.8, 4) is 0 Å². The molecule has 3 aliphatic heterocycles. The average Bonchev–Trinajstić information content (AvgIpc) is 1.05. The van der Waals surface area contributed by atoms with Crippen LogP contribution in [0.15, 0.2) is 335 Å². The Morgan fingerprint density at radius 1 is 0.423 bits per heavy atom. The molecule has 3 heterocycles. The molecular formula is C99H92F5N6NaO19. The molecule has 0 bridgehead atoms. The van der Waals surface area contributed by atoms with Crippen LogP contribution in [0.4, 0.5) is 22.0 Å². The number of aliphatic carboxylic acids is 1. The molecule has 0 spiro atoms. The van der Waals surface area contributed by atoms with Gasteiger partial charge in [0.25, 0.3) is 17.7 Å². The predicted octanol–water partition coefficient (Wildman–Crippen LogP) is 11.9. The monoisotopic (exact) mass is 1790 g/mol. The fraction of sp³-hybridized carbons (Fsp3) is 0.141. The summed E-state index contributed by atoms with van der Waals surface area (Å²) in [6, 6.07) is 81.8. The molecule has 11 aromatic carbocycles. The Bertz CT molecular complexity index is 5680. The second-order valence-electron chi connectivity index (χ2n) is 26.3. The van der Waals surface area contributed by atoms with Crippen molar-refractivity contribution in [3.05, 3.63) is 411 Å². The van der Waals surface area contributed by atoms with E-state index in [9.17, 15) is 69.9 Å². The van der Waals surface area contributed by atoms with Crippen LogP contribution in [0, 0.1) is 29.1 Å². The Kier molecular flexibility index (Phi) is 47.6. The van der Waals surface area contributed by atoms with Gasteiger partial charge < -0.3 is 60.1 Å². The maximum atomic E-state index is 13.4. The van der Waals surface area contributed by atoms with E-state index in [0.29, 0.717) is 67.1 Å². The minimum Gasteiger partial charge on any atom is -0.857 e. The van der Waals surface area contributed by atoms with Crippen molar-refractivity contribution in [2.75, 3.05) is 48.6 Å². The largest absolute Gasteiger partial charge is 1.00 e. The zero-order valence-electron chi connectivity index (χ0n) is 72.5. The zero-order chi connectivity index (χ0) is 94.9. The van der Waals surface area contributed by atoms with Crippen molar-refractivity contribution in [1.82, 2.24) is 16.0 Å². The first-order valence-electron chi connectivity index (χ1n) is 38.8. The second kappa shape index (κ2) is 57.6. The van der Waals surface area contributed by atoms with Crippen molar-refractivity contribution in [2.24, 2.45) is 15.0 Å². The quantitative estimate of drug-likeness (QED) is 0.0116. The molecule has 668 valence electrons.